The van der Waals surface area contributed by atoms with Gasteiger partial charge in [0.15, 0.2) is 6.61 Å². The number of anilines is 2. The van der Waals surface area contributed by atoms with Crippen molar-refractivity contribution in [1.82, 2.24) is 0 Å². The van der Waals surface area contributed by atoms with Gasteiger partial charge in [0.25, 0.3) is 5.91 Å². The Bertz CT molecular complexity index is 772. The van der Waals surface area contributed by atoms with Crippen LogP contribution in [0.2, 0.25) is 0 Å². The van der Waals surface area contributed by atoms with Gasteiger partial charge < -0.3 is 15.0 Å². The molecule has 0 atom stereocenters. The number of halogens is 3. The summed E-state index contributed by atoms with van der Waals surface area (Å²) in [5.74, 6) is -0.420. The van der Waals surface area contributed by atoms with Gasteiger partial charge in [-0.25, -0.2) is 0 Å². The zero-order valence-corrected chi connectivity index (χ0v) is 14.1. The Labute approximate surface area is 148 Å². The molecule has 138 valence electrons. The van der Waals surface area contributed by atoms with Crippen molar-refractivity contribution in [1.29, 1.82) is 0 Å². The maximum absolute atomic E-state index is 12.5. The first-order valence-electron chi connectivity index (χ1n) is 7.61. The van der Waals surface area contributed by atoms with Crippen molar-refractivity contribution in [2.75, 3.05) is 23.9 Å². The molecule has 8 heteroatoms. The Hall–Kier alpha value is -3.03. The SMILES string of the molecule is CC(=O)N(C)c1ccc(NC(=O)COc2ccc(C(F)(F)F)cc2)cc1. The summed E-state index contributed by atoms with van der Waals surface area (Å²) in [7, 11) is 1.63. The third-order valence-corrected chi connectivity index (χ3v) is 3.56. The van der Waals surface area contributed by atoms with Crippen LogP contribution in [-0.2, 0) is 15.8 Å². The van der Waals surface area contributed by atoms with Crippen LogP contribution in [0.3, 0.4) is 0 Å². The summed E-state index contributed by atoms with van der Waals surface area (Å²) < 4.78 is 42.6. The van der Waals surface area contributed by atoms with Gasteiger partial charge in [-0.2, -0.15) is 13.2 Å². The Morgan fingerprint density at radius 2 is 1.62 bits per heavy atom. The number of amides is 2. The lowest BCUT2D eigenvalue weighted by Crippen LogP contribution is -2.23. The molecule has 1 N–H and O–H groups in total. The molecule has 0 spiro atoms. The van der Waals surface area contributed by atoms with E-state index < -0.39 is 17.6 Å². The molecule has 2 aromatic carbocycles. The second kappa shape index (κ2) is 7.90. The Kier molecular flexibility index (Phi) is 5.86. The maximum Gasteiger partial charge on any atom is 0.416 e. The van der Waals surface area contributed by atoms with Crippen molar-refractivity contribution < 1.29 is 27.5 Å². The molecule has 0 aliphatic carbocycles. The molecule has 2 aromatic rings. The smallest absolute Gasteiger partial charge is 0.416 e. The van der Waals surface area contributed by atoms with Crippen LogP contribution in [0.25, 0.3) is 0 Å². The average Bonchev–Trinajstić information content (AvgIpc) is 2.59. The molecule has 0 unspecified atom stereocenters. The van der Waals surface area contributed by atoms with Crippen LogP contribution in [0.5, 0.6) is 5.75 Å². The van der Waals surface area contributed by atoms with E-state index in [9.17, 15) is 22.8 Å². The molecule has 0 aliphatic rings. The van der Waals surface area contributed by atoms with Crippen LogP contribution in [0.4, 0.5) is 24.5 Å². The molecule has 0 heterocycles. The van der Waals surface area contributed by atoms with Gasteiger partial charge in [0, 0.05) is 25.3 Å². The van der Waals surface area contributed by atoms with Crippen LogP contribution in [0, 0.1) is 0 Å². The van der Waals surface area contributed by atoms with Gasteiger partial charge in [0.2, 0.25) is 5.91 Å². The predicted octanol–water partition coefficient (Wildman–Crippen LogP) is 3.71. The standard InChI is InChI=1S/C18H17F3N2O3/c1-12(24)23(2)15-7-5-14(6-8-15)22-17(25)11-26-16-9-3-13(4-10-16)18(19,20)21/h3-10H,11H2,1-2H3,(H,22,25). The van der Waals surface area contributed by atoms with Crippen molar-refractivity contribution in [2.24, 2.45) is 0 Å². The fourth-order valence-electron chi connectivity index (χ4n) is 2.04. The maximum atomic E-state index is 12.5. The molecule has 0 saturated heterocycles. The fraction of sp³-hybridized carbons (Fsp3) is 0.222. The summed E-state index contributed by atoms with van der Waals surface area (Å²) in [6.45, 7) is 1.09. The van der Waals surface area contributed by atoms with Crippen molar-refractivity contribution in [3.63, 3.8) is 0 Å². The lowest BCUT2D eigenvalue weighted by molar-refractivity contribution is -0.137. The Morgan fingerprint density at radius 3 is 2.12 bits per heavy atom. The van der Waals surface area contributed by atoms with E-state index in [0.717, 1.165) is 24.3 Å². The van der Waals surface area contributed by atoms with Crippen molar-refractivity contribution in [3.05, 3.63) is 54.1 Å². The largest absolute Gasteiger partial charge is 0.484 e. The minimum Gasteiger partial charge on any atom is -0.484 e. The molecule has 26 heavy (non-hydrogen) atoms. The van der Waals surface area contributed by atoms with Gasteiger partial charge >= 0.3 is 6.18 Å². The van der Waals surface area contributed by atoms with Crippen LogP contribution >= 0.6 is 0 Å². The first kappa shape index (κ1) is 19.3. The summed E-state index contributed by atoms with van der Waals surface area (Å²) in [5, 5.41) is 2.60. The first-order valence-corrected chi connectivity index (χ1v) is 7.61. The van der Waals surface area contributed by atoms with E-state index in [1.807, 2.05) is 0 Å². The van der Waals surface area contributed by atoms with Gasteiger partial charge in [0.05, 0.1) is 5.56 Å². The van der Waals surface area contributed by atoms with Gasteiger partial charge in [-0.3, -0.25) is 9.59 Å². The predicted molar refractivity (Wildman–Crippen MR) is 91.1 cm³/mol. The van der Waals surface area contributed by atoms with E-state index in [2.05, 4.69) is 5.32 Å². The van der Waals surface area contributed by atoms with Gasteiger partial charge in [-0.05, 0) is 48.5 Å². The summed E-state index contributed by atoms with van der Waals surface area (Å²) in [5.41, 5.74) is 0.396. The first-order chi connectivity index (χ1) is 12.2. The van der Waals surface area contributed by atoms with E-state index in [1.54, 1.807) is 31.3 Å². The third kappa shape index (κ3) is 5.23. The number of alkyl halides is 3. The Balaban J connectivity index is 1.88. The highest BCUT2D eigenvalue weighted by molar-refractivity contribution is 5.93. The fourth-order valence-corrected chi connectivity index (χ4v) is 2.04. The number of nitrogens with zero attached hydrogens (tertiary/aromatic N) is 1. The lowest BCUT2D eigenvalue weighted by Gasteiger charge is -2.15. The molecule has 0 aliphatic heterocycles. The van der Waals surface area contributed by atoms with E-state index in [-0.39, 0.29) is 18.3 Å². The van der Waals surface area contributed by atoms with Crippen molar-refractivity contribution >= 4 is 23.2 Å². The van der Waals surface area contributed by atoms with Crippen LogP contribution in [-0.4, -0.2) is 25.5 Å². The van der Waals surface area contributed by atoms with Gasteiger partial charge in [-0.15, -0.1) is 0 Å². The number of nitrogens with one attached hydrogen (secondary N) is 1. The van der Waals surface area contributed by atoms with E-state index in [1.165, 1.54) is 11.8 Å². The molecule has 0 fully saturated rings. The molecule has 0 saturated carbocycles. The zero-order chi connectivity index (χ0) is 19.3. The minimum atomic E-state index is -4.42. The monoisotopic (exact) mass is 366 g/mol. The normalized spacial score (nSPS) is 11.0. The molecular formula is C18H17F3N2O3. The van der Waals surface area contributed by atoms with Gasteiger partial charge in [0.1, 0.15) is 5.75 Å². The number of hydrogen-bond donors (Lipinski definition) is 1. The topological polar surface area (TPSA) is 58.6 Å². The summed E-state index contributed by atoms with van der Waals surface area (Å²) in [4.78, 5) is 24.6. The van der Waals surface area contributed by atoms with Crippen LogP contribution in [0.15, 0.2) is 48.5 Å². The highest BCUT2D eigenvalue weighted by Crippen LogP contribution is 2.30. The molecule has 2 rings (SSSR count). The number of ether oxygens (including phenoxy) is 1. The van der Waals surface area contributed by atoms with E-state index in [4.69, 9.17) is 4.74 Å². The summed E-state index contributed by atoms with van der Waals surface area (Å²) in [6, 6.07) is 10.7. The number of benzene rings is 2. The lowest BCUT2D eigenvalue weighted by atomic mass is 10.2. The molecule has 0 bridgehead atoms. The highest BCUT2D eigenvalue weighted by Gasteiger charge is 2.30. The second-order valence-electron chi connectivity index (χ2n) is 5.48. The zero-order valence-electron chi connectivity index (χ0n) is 14.1. The van der Waals surface area contributed by atoms with Crippen molar-refractivity contribution in [2.45, 2.75) is 13.1 Å². The number of carbonyl (C=O) groups is 2. The molecule has 0 radical (unpaired) electrons. The second-order valence-corrected chi connectivity index (χ2v) is 5.48. The number of carbonyl (C=O) groups excluding carboxylic acids is 2. The van der Waals surface area contributed by atoms with Gasteiger partial charge in [-0.1, -0.05) is 0 Å². The average molecular weight is 366 g/mol. The quantitative estimate of drug-likeness (QED) is 0.878. The van der Waals surface area contributed by atoms with Crippen LogP contribution < -0.4 is 15.0 Å². The molecular weight excluding hydrogens is 349 g/mol. The third-order valence-electron chi connectivity index (χ3n) is 3.56. The summed E-state index contributed by atoms with van der Waals surface area (Å²) in [6.07, 6.45) is -4.42. The Morgan fingerprint density at radius 1 is 1.04 bits per heavy atom. The number of rotatable bonds is 5. The molecule has 5 nitrogen and oxygen atoms in total. The molecule has 2 amide bonds. The summed E-state index contributed by atoms with van der Waals surface area (Å²) >= 11 is 0. The van der Waals surface area contributed by atoms with Crippen LogP contribution in [0.1, 0.15) is 12.5 Å². The highest BCUT2D eigenvalue weighted by atomic mass is 19.4. The van der Waals surface area contributed by atoms with Crippen molar-refractivity contribution in [3.8, 4) is 5.75 Å². The van der Waals surface area contributed by atoms with E-state index >= 15 is 0 Å². The minimum absolute atomic E-state index is 0.119. The van der Waals surface area contributed by atoms with E-state index in [0.29, 0.717) is 11.4 Å². The number of hydrogen-bond acceptors (Lipinski definition) is 3. The molecule has 0 aromatic heterocycles.